The van der Waals surface area contributed by atoms with Crippen molar-refractivity contribution in [1.29, 1.82) is 0 Å². The highest BCUT2D eigenvalue weighted by Crippen LogP contribution is 2.28. The van der Waals surface area contributed by atoms with Gasteiger partial charge in [0.1, 0.15) is 0 Å². The van der Waals surface area contributed by atoms with Crippen molar-refractivity contribution in [2.75, 3.05) is 18.1 Å². The van der Waals surface area contributed by atoms with Gasteiger partial charge in [-0.2, -0.15) is 0 Å². The van der Waals surface area contributed by atoms with Crippen molar-refractivity contribution >= 4 is 5.69 Å². The van der Waals surface area contributed by atoms with Crippen molar-refractivity contribution in [3.8, 4) is 0 Å². The third-order valence-corrected chi connectivity index (χ3v) is 3.08. The Morgan fingerprint density at radius 2 is 1.82 bits per heavy atom. The van der Waals surface area contributed by atoms with Crippen LogP contribution in [0.25, 0.3) is 0 Å². The lowest BCUT2D eigenvalue weighted by molar-refractivity contribution is 0.451. The molecular formula is C15H20N2. The van der Waals surface area contributed by atoms with E-state index in [0.717, 1.165) is 13.2 Å². The number of benzene rings is 1. The normalized spacial score (nSPS) is 14.5. The summed E-state index contributed by atoms with van der Waals surface area (Å²) in [5, 5.41) is 0. The molecule has 0 aliphatic carbocycles. The molecule has 0 saturated carbocycles. The third kappa shape index (κ3) is 2.36. The van der Waals surface area contributed by atoms with Crippen LogP contribution in [0.5, 0.6) is 0 Å². The van der Waals surface area contributed by atoms with Crippen LogP contribution in [-0.2, 0) is 0 Å². The highest BCUT2D eigenvalue weighted by molar-refractivity contribution is 5.62. The van der Waals surface area contributed by atoms with Crippen molar-refractivity contribution < 1.29 is 0 Å². The van der Waals surface area contributed by atoms with Crippen LogP contribution in [0.2, 0.25) is 0 Å². The van der Waals surface area contributed by atoms with Gasteiger partial charge in [-0.1, -0.05) is 23.8 Å². The first kappa shape index (κ1) is 11.8. The Balaban J connectivity index is 2.25. The van der Waals surface area contributed by atoms with Gasteiger partial charge in [-0.15, -0.1) is 6.58 Å². The van der Waals surface area contributed by atoms with Gasteiger partial charge in [0.15, 0.2) is 0 Å². The second-order valence-electron chi connectivity index (χ2n) is 4.72. The Hall–Kier alpha value is -1.70. The molecule has 1 aromatic carbocycles. The fraction of sp³-hybridized carbons (Fsp3) is 0.333. The number of hydrogen-bond donors (Lipinski definition) is 0. The summed E-state index contributed by atoms with van der Waals surface area (Å²) in [6, 6.07) is 4.48. The monoisotopic (exact) mass is 228 g/mol. The molecule has 0 unspecified atom stereocenters. The zero-order valence-corrected chi connectivity index (χ0v) is 10.9. The minimum Gasteiger partial charge on any atom is -0.355 e. The van der Waals surface area contributed by atoms with Gasteiger partial charge in [0.25, 0.3) is 0 Å². The second kappa shape index (κ2) is 4.66. The first-order chi connectivity index (χ1) is 8.11. The predicted octanol–water partition coefficient (Wildman–Crippen LogP) is 3.35. The molecule has 2 rings (SSSR count). The Bertz CT molecular complexity index is 437. The first-order valence-electron chi connectivity index (χ1n) is 5.99. The summed E-state index contributed by atoms with van der Waals surface area (Å²) in [5.74, 6) is 0. The van der Waals surface area contributed by atoms with Gasteiger partial charge in [-0.05, 0) is 31.9 Å². The van der Waals surface area contributed by atoms with Crippen LogP contribution in [0.15, 0.2) is 37.2 Å². The molecule has 0 amide bonds. The van der Waals surface area contributed by atoms with Crippen molar-refractivity contribution in [3.63, 3.8) is 0 Å². The van der Waals surface area contributed by atoms with Gasteiger partial charge in [0.05, 0.1) is 6.67 Å². The molecule has 0 radical (unpaired) electrons. The van der Waals surface area contributed by atoms with Gasteiger partial charge < -0.3 is 9.80 Å². The molecule has 1 aromatic rings. The van der Waals surface area contributed by atoms with E-state index in [2.05, 4.69) is 61.7 Å². The minimum atomic E-state index is 0.900. The molecule has 1 aliphatic rings. The van der Waals surface area contributed by atoms with Crippen molar-refractivity contribution in [3.05, 3.63) is 53.9 Å². The third-order valence-electron chi connectivity index (χ3n) is 3.08. The summed E-state index contributed by atoms with van der Waals surface area (Å²) < 4.78 is 0. The fourth-order valence-corrected chi connectivity index (χ4v) is 2.52. The first-order valence-corrected chi connectivity index (χ1v) is 5.99. The molecule has 0 aromatic heterocycles. The molecule has 0 fully saturated rings. The minimum absolute atomic E-state index is 0.900. The zero-order valence-electron chi connectivity index (χ0n) is 10.9. The number of hydrogen-bond acceptors (Lipinski definition) is 2. The summed E-state index contributed by atoms with van der Waals surface area (Å²) in [5.41, 5.74) is 5.34. The van der Waals surface area contributed by atoms with Crippen LogP contribution in [0, 0.1) is 20.8 Å². The highest BCUT2D eigenvalue weighted by atomic mass is 15.3. The Morgan fingerprint density at radius 1 is 1.18 bits per heavy atom. The van der Waals surface area contributed by atoms with Gasteiger partial charge in [0, 0.05) is 24.6 Å². The van der Waals surface area contributed by atoms with E-state index in [-0.39, 0.29) is 0 Å². The molecule has 17 heavy (non-hydrogen) atoms. The van der Waals surface area contributed by atoms with Gasteiger partial charge in [0.2, 0.25) is 0 Å². The number of rotatable bonds is 3. The molecule has 0 N–H and O–H groups in total. The van der Waals surface area contributed by atoms with Crippen molar-refractivity contribution in [2.45, 2.75) is 20.8 Å². The predicted molar refractivity (Wildman–Crippen MR) is 74.0 cm³/mol. The van der Waals surface area contributed by atoms with E-state index in [9.17, 15) is 0 Å². The Labute approximate surface area is 104 Å². The molecule has 0 bridgehead atoms. The lowest BCUT2D eigenvalue weighted by atomic mass is 10.0. The summed E-state index contributed by atoms with van der Waals surface area (Å²) in [6.07, 6.45) is 6.21. The topological polar surface area (TPSA) is 6.48 Å². The Morgan fingerprint density at radius 3 is 2.41 bits per heavy atom. The van der Waals surface area contributed by atoms with E-state index in [1.807, 2.05) is 6.08 Å². The maximum absolute atomic E-state index is 3.77. The summed E-state index contributed by atoms with van der Waals surface area (Å²) in [4.78, 5) is 4.54. The standard InChI is InChI=1S/C15H20N2/c1-5-6-16-7-8-17(11-16)15-13(3)9-12(2)10-14(15)4/h5,7-10H,1,6,11H2,2-4H3. The van der Waals surface area contributed by atoms with Gasteiger partial charge in [-0.25, -0.2) is 0 Å². The number of aryl methyl sites for hydroxylation is 3. The molecule has 0 atom stereocenters. The van der Waals surface area contributed by atoms with Gasteiger partial charge >= 0.3 is 0 Å². The molecule has 1 heterocycles. The largest absolute Gasteiger partial charge is 0.355 e. The van der Waals surface area contributed by atoms with Crippen molar-refractivity contribution in [1.82, 2.24) is 4.90 Å². The van der Waals surface area contributed by atoms with E-state index >= 15 is 0 Å². The molecule has 1 aliphatic heterocycles. The molecule has 2 heteroatoms. The molecular weight excluding hydrogens is 208 g/mol. The SMILES string of the molecule is C=CCN1C=CN(c2c(C)cc(C)cc2C)C1. The van der Waals surface area contributed by atoms with Gasteiger partial charge in [-0.3, -0.25) is 0 Å². The highest BCUT2D eigenvalue weighted by Gasteiger charge is 2.16. The number of anilines is 1. The molecule has 90 valence electrons. The molecule has 0 spiro atoms. The van der Waals surface area contributed by atoms with Crippen LogP contribution in [-0.4, -0.2) is 18.1 Å². The van der Waals surface area contributed by atoms with E-state index < -0.39 is 0 Å². The molecule has 0 saturated heterocycles. The van der Waals surface area contributed by atoms with Crippen LogP contribution >= 0.6 is 0 Å². The lowest BCUT2D eigenvalue weighted by Crippen LogP contribution is -2.26. The lowest BCUT2D eigenvalue weighted by Gasteiger charge is -2.24. The van der Waals surface area contributed by atoms with Crippen LogP contribution < -0.4 is 4.90 Å². The molecule has 2 nitrogen and oxygen atoms in total. The van der Waals surface area contributed by atoms with E-state index in [4.69, 9.17) is 0 Å². The van der Waals surface area contributed by atoms with E-state index in [1.165, 1.54) is 22.4 Å². The second-order valence-corrected chi connectivity index (χ2v) is 4.72. The average molecular weight is 228 g/mol. The quantitative estimate of drug-likeness (QED) is 0.732. The van der Waals surface area contributed by atoms with Crippen molar-refractivity contribution in [2.24, 2.45) is 0 Å². The summed E-state index contributed by atoms with van der Waals surface area (Å²) in [7, 11) is 0. The van der Waals surface area contributed by atoms with E-state index in [0.29, 0.717) is 0 Å². The van der Waals surface area contributed by atoms with Crippen LogP contribution in [0.1, 0.15) is 16.7 Å². The maximum Gasteiger partial charge on any atom is 0.0945 e. The Kier molecular flexibility index (Phi) is 3.23. The number of nitrogens with zero attached hydrogens (tertiary/aromatic N) is 2. The van der Waals surface area contributed by atoms with E-state index in [1.54, 1.807) is 0 Å². The fourth-order valence-electron chi connectivity index (χ4n) is 2.52. The van der Waals surface area contributed by atoms with Crippen LogP contribution in [0.3, 0.4) is 0 Å². The smallest absolute Gasteiger partial charge is 0.0945 e. The summed E-state index contributed by atoms with van der Waals surface area (Å²) >= 11 is 0. The average Bonchev–Trinajstić information content (AvgIpc) is 2.65. The zero-order chi connectivity index (χ0) is 12.4. The van der Waals surface area contributed by atoms with Crippen LogP contribution in [0.4, 0.5) is 5.69 Å². The summed E-state index contributed by atoms with van der Waals surface area (Å²) in [6.45, 7) is 12.1. The maximum atomic E-state index is 3.77.